The molecule has 0 radical (unpaired) electrons. The SMILES string of the molecule is CC(Sc1nnc(Nc2cccc(F)c2)s1)C(=O)Nc1cccnc1Cl. The minimum atomic E-state index is -0.416. The topological polar surface area (TPSA) is 79.8 Å². The van der Waals surface area contributed by atoms with Gasteiger partial charge in [-0.2, -0.15) is 0 Å². The fourth-order valence-corrected chi connectivity index (χ4v) is 4.00. The third-order valence-electron chi connectivity index (χ3n) is 3.15. The molecule has 0 aliphatic carbocycles. The van der Waals surface area contributed by atoms with Crippen LogP contribution >= 0.6 is 34.7 Å². The predicted molar refractivity (Wildman–Crippen MR) is 103 cm³/mol. The van der Waals surface area contributed by atoms with Crippen molar-refractivity contribution in [3.8, 4) is 0 Å². The highest BCUT2D eigenvalue weighted by molar-refractivity contribution is 8.02. The molecule has 0 spiro atoms. The lowest BCUT2D eigenvalue weighted by Crippen LogP contribution is -2.22. The molecular formula is C16H13ClFN5OS2. The first-order valence-electron chi connectivity index (χ1n) is 7.45. The Balaban J connectivity index is 1.59. The molecule has 1 amide bonds. The zero-order chi connectivity index (χ0) is 18.5. The average molecular weight is 410 g/mol. The normalized spacial score (nSPS) is 11.8. The van der Waals surface area contributed by atoms with Crippen LogP contribution in [0.4, 0.5) is 20.9 Å². The van der Waals surface area contributed by atoms with Crippen LogP contribution in [0.5, 0.6) is 0 Å². The summed E-state index contributed by atoms with van der Waals surface area (Å²) in [5.74, 6) is -0.562. The molecule has 0 aliphatic heterocycles. The van der Waals surface area contributed by atoms with Crippen LogP contribution in [-0.4, -0.2) is 26.3 Å². The number of nitrogens with one attached hydrogen (secondary N) is 2. The molecule has 2 aromatic heterocycles. The standard InChI is InChI=1S/C16H13ClFN5OS2/c1-9(14(24)21-12-6-3-7-19-13(12)17)25-16-23-22-15(26-16)20-11-5-2-4-10(18)8-11/h2-9H,1H3,(H,20,22)(H,21,24). The maximum atomic E-state index is 13.2. The van der Waals surface area contributed by atoms with Crippen LogP contribution in [0.1, 0.15) is 6.92 Å². The molecule has 0 saturated carbocycles. The maximum absolute atomic E-state index is 13.2. The summed E-state index contributed by atoms with van der Waals surface area (Å²) in [6, 6.07) is 9.42. The van der Waals surface area contributed by atoms with Gasteiger partial charge in [-0.3, -0.25) is 4.79 Å². The molecule has 3 aromatic rings. The van der Waals surface area contributed by atoms with Gasteiger partial charge < -0.3 is 10.6 Å². The number of hydrogen-bond acceptors (Lipinski definition) is 7. The highest BCUT2D eigenvalue weighted by atomic mass is 35.5. The second kappa shape index (κ2) is 8.43. The minimum absolute atomic E-state index is 0.222. The fourth-order valence-electron chi connectivity index (χ4n) is 1.92. The predicted octanol–water partition coefficient (Wildman–Crippen LogP) is 4.59. The van der Waals surface area contributed by atoms with Crippen LogP contribution in [-0.2, 0) is 4.79 Å². The van der Waals surface area contributed by atoms with Crippen LogP contribution in [0.2, 0.25) is 5.15 Å². The van der Waals surface area contributed by atoms with Gasteiger partial charge in [-0.15, -0.1) is 10.2 Å². The molecule has 3 rings (SSSR count). The Morgan fingerprint density at radius 1 is 1.31 bits per heavy atom. The largest absolute Gasteiger partial charge is 0.330 e. The number of hydrogen-bond donors (Lipinski definition) is 2. The van der Waals surface area contributed by atoms with E-state index in [0.29, 0.717) is 20.8 Å². The maximum Gasteiger partial charge on any atom is 0.237 e. The smallest absolute Gasteiger partial charge is 0.237 e. The van der Waals surface area contributed by atoms with Crippen molar-refractivity contribution in [3.63, 3.8) is 0 Å². The second-order valence-corrected chi connectivity index (χ2v) is 8.02. The van der Waals surface area contributed by atoms with E-state index in [9.17, 15) is 9.18 Å². The van der Waals surface area contributed by atoms with Gasteiger partial charge in [0.15, 0.2) is 9.49 Å². The molecule has 2 N–H and O–H groups in total. The molecule has 10 heteroatoms. The molecule has 1 atom stereocenters. The molecule has 0 aliphatic rings. The number of pyridine rings is 1. The number of benzene rings is 1. The van der Waals surface area contributed by atoms with Crippen LogP contribution in [0.3, 0.4) is 0 Å². The van der Waals surface area contributed by atoms with Crippen molar-refractivity contribution in [1.82, 2.24) is 15.2 Å². The average Bonchev–Trinajstić information content (AvgIpc) is 3.03. The summed E-state index contributed by atoms with van der Waals surface area (Å²) in [7, 11) is 0. The summed E-state index contributed by atoms with van der Waals surface area (Å²) >= 11 is 8.48. The lowest BCUT2D eigenvalue weighted by Gasteiger charge is -2.10. The Labute approximate surface area is 162 Å². The summed E-state index contributed by atoms with van der Waals surface area (Å²) in [6.45, 7) is 1.76. The van der Waals surface area contributed by atoms with Gasteiger partial charge in [-0.25, -0.2) is 9.37 Å². The summed E-state index contributed by atoms with van der Waals surface area (Å²) < 4.78 is 13.8. The number of amides is 1. The van der Waals surface area contributed by atoms with E-state index in [2.05, 4.69) is 25.8 Å². The molecule has 134 valence electrons. The van der Waals surface area contributed by atoms with Crippen molar-refractivity contribution in [2.45, 2.75) is 16.5 Å². The third-order valence-corrected chi connectivity index (χ3v) is 5.47. The monoisotopic (exact) mass is 409 g/mol. The molecule has 26 heavy (non-hydrogen) atoms. The van der Waals surface area contributed by atoms with Crippen LogP contribution in [0.25, 0.3) is 0 Å². The molecule has 0 fully saturated rings. The van der Waals surface area contributed by atoms with Gasteiger partial charge in [0.1, 0.15) is 5.82 Å². The quantitative estimate of drug-likeness (QED) is 0.458. The highest BCUT2D eigenvalue weighted by Gasteiger charge is 2.18. The number of nitrogens with zero attached hydrogens (tertiary/aromatic N) is 3. The van der Waals surface area contributed by atoms with E-state index in [4.69, 9.17) is 11.6 Å². The number of aromatic nitrogens is 3. The Hall–Kier alpha value is -2.23. The first-order chi connectivity index (χ1) is 12.5. The van der Waals surface area contributed by atoms with Crippen molar-refractivity contribution in [1.29, 1.82) is 0 Å². The number of rotatable bonds is 6. The van der Waals surface area contributed by atoms with Gasteiger partial charge in [0.25, 0.3) is 0 Å². The van der Waals surface area contributed by atoms with Crippen molar-refractivity contribution in [2.75, 3.05) is 10.6 Å². The number of halogens is 2. The van der Waals surface area contributed by atoms with Gasteiger partial charge in [0.05, 0.1) is 10.9 Å². The highest BCUT2D eigenvalue weighted by Crippen LogP contribution is 2.31. The van der Waals surface area contributed by atoms with Gasteiger partial charge in [0, 0.05) is 11.9 Å². The fraction of sp³-hybridized carbons (Fsp3) is 0.125. The minimum Gasteiger partial charge on any atom is -0.330 e. The molecule has 0 bridgehead atoms. The van der Waals surface area contributed by atoms with Crippen molar-refractivity contribution in [2.24, 2.45) is 0 Å². The lowest BCUT2D eigenvalue weighted by molar-refractivity contribution is -0.115. The molecule has 6 nitrogen and oxygen atoms in total. The lowest BCUT2D eigenvalue weighted by atomic mass is 10.3. The van der Waals surface area contributed by atoms with Crippen molar-refractivity contribution >= 4 is 57.1 Å². The molecule has 2 heterocycles. The number of carbonyl (C=O) groups excluding carboxylic acids is 1. The van der Waals surface area contributed by atoms with Crippen molar-refractivity contribution < 1.29 is 9.18 Å². The van der Waals surface area contributed by atoms with Gasteiger partial charge in [0.2, 0.25) is 11.0 Å². The third kappa shape index (κ3) is 4.90. The Morgan fingerprint density at radius 3 is 2.92 bits per heavy atom. The first kappa shape index (κ1) is 18.6. The summed E-state index contributed by atoms with van der Waals surface area (Å²) in [4.78, 5) is 16.2. The van der Waals surface area contributed by atoms with Gasteiger partial charge in [-0.1, -0.05) is 40.8 Å². The van der Waals surface area contributed by atoms with E-state index >= 15 is 0 Å². The summed E-state index contributed by atoms with van der Waals surface area (Å²) in [5, 5.41) is 14.1. The zero-order valence-electron chi connectivity index (χ0n) is 13.4. The van der Waals surface area contributed by atoms with E-state index in [1.807, 2.05) is 0 Å². The number of thioether (sulfide) groups is 1. The van der Waals surface area contributed by atoms with E-state index in [-0.39, 0.29) is 16.9 Å². The van der Waals surface area contributed by atoms with Crippen LogP contribution in [0.15, 0.2) is 46.9 Å². The Morgan fingerprint density at radius 2 is 2.15 bits per heavy atom. The van der Waals surface area contributed by atoms with Gasteiger partial charge in [-0.05, 0) is 37.3 Å². The Bertz CT molecular complexity index is 923. The van der Waals surface area contributed by atoms with E-state index in [1.165, 1.54) is 35.2 Å². The van der Waals surface area contributed by atoms with E-state index in [0.717, 1.165) is 0 Å². The van der Waals surface area contributed by atoms with Gasteiger partial charge >= 0.3 is 0 Å². The second-order valence-electron chi connectivity index (χ2n) is 5.10. The van der Waals surface area contributed by atoms with Crippen LogP contribution in [0, 0.1) is 5.82 Å². The molecule has 1 unspecified atom stereocenters. The number of carbonyl (C=O) groups is 1. The van der Waals surface area contributed by atoms with Crippen molar-refractivity contribution in [3.05, 3.63) is 53.6 Å². The number of anilines is 3. The zero-order valence-corrected chi connectivity index (χ0v) is 15.8. The summed E-state index contributed by atoms with van der Waals surface area (Å²) in [5.41, 5.74) is 1.03. The van der Waals surface area contributed by atoms with E-state index in [1.54, 1.807) is 37.4 Å². The molecular weight excluding hydrogens is 397 g/mol. The Kier molecular flexibility index (Phi) is 6.02. The van der Waals surface area contributed by atoms with Crippen LogP contribution < -0.4 is 10.6 Å². The molecule has 0 saturated heterocycles. The summed E-state index contributed by atoms with van der Waals surface area (Å²) in [6.07, 6.45) is 1.55. The first-order valence-corrected chi connectivity index (χ1v) is 9.53. The molecule has 1 aromatic carbocycles. The van der Waals surface area contributed by atoms with E-state index < -0.39 is 5.25 Å².